The molecule has 0 radical (unpaired) electrons. The molecule has 2 heterocycles. The number of aromatic nitrogens is 1. The molecule has 6 heteroatoms. The summed E-state index contributed by atoms with van der Waals surface area (Å²) >= 11 is 19.4. The van der Waals surface area contributed by atoms with Gasteiger partial charge in [-0.2, -0.15) is 0 Å². The molecule has 0 saturated carbocycles. The van der Waals surface area contributed by atoms with Gasteiger partial charge in [0, 0.05) is 4.88 Å². The van der Waals surface area contributed by atoms with E-state index in [-0.39, 0.29) is 6.04 Å². The number of halogens is 3. The fraction of sp³-hybridized carbons (Fsp3) is 0.250. The monoisotopic (exact) mass is 320 g/mol. The van der Waals surface area contributed by atoms with Gasteiger partial charge in [-0.3, -0.25) is 0 Å². The minimum absolute atomic E-state index is 0.113. The highest BCUT2D eigenvalue weighted by atomic mass is 35.5. The van der Waals surface area contributed by atoms with Crippen LogP contribution in [0.5, 0.6) is 0 Å². The van der Waals surface area contributed by atoms with Crippen LogP contribution in [0.15, 0.2) is 18.2 Å². The number of anilines is 1. The molecule has 18 heavy (non-hydrogen) atoms. The molecule has 0 amide bonds. The van der Waals surface area contributed by atoms with Crippen molar-refractivity contribution in [3.8, 4) is 0 Å². The van der Waals surface area contributed by atoms with E-state index in [1.807, 2.05) is 26.0 Å². The van der Waals surface area contributed by atoms with E-state index < -0.39 is 0 Å². The molecule has 1 N–H and O–H groups in total. The quantitative estimate of drug-likeness (QED) is 0.746. The van der Waals surface area contributed by atoms with Crippen LogP contribution in [-0.4, -0.2) is 4.98 Å². The van der Waals surface area contributed by atoms with Crippen molar-refractivity contribution in [1.82, 2.24) is 4.98 Å². The Kier molecular flexibility index (Phi) is 4.38. The first-order valence-electron chi connectivity index (χ1n) is 5.32. The molecule has 1 unspecified atom stereocenters. The van der Waals surface area contributed by atoms with Gasteiger partial charge in [-0.1, -0.05) is 34.8 Å². The number of pyridine rings is 1. The molecule has 0 aromatic carbocycles. The van der Waals surface area contributed by atoms with Crippen molar-refractivity contribution >= 4 is 51.8 Å². The predicted octanol–water partition coefficient (Wildman–Crippen LogP) is 5.58. The summed E-state index contributed by atoms with van der Waals surface area (Å²) in [5.41, 5.74) is 1.77. The Hall–Kier alpha value is -0.480. The van der Waals surface area contributed by atoms with Crippen LogP contribution < -0.4 is 5.32 Å². The molecule has 0 aliphatic heterocycles. The van der Waals surface area contributed by atoms with Crippen LogP contribution in [-0.2, 0) is 0 Å². The molecule has 0 saturated heterocycles. The molecule has 2 rings (SSSR count). The third kappa shape index (κ3) is 3.09. The Balaban J connectivity index is 2.24. The van der Waals surface area contributed by atoms with Gasteiger partial charge in [0.2, 0.25) is 0 Å². The Morgan fingerprint density at radius 3 is 2.56 bits per heavy atom. The fourth-order valence-electron chi connectivity index (χ4n) is 1.62. The van der Waals surface area contributed by atoms with Crippen molar-refractivity contribution in [2.75, 3.05) is 5.32 Å². The van der Waals surface area contributed by atoms with E-state index in [2.05, 4.69) is 10.3 Å². The first-order chi connectivity index (χ1) is 8.47. The molecular weight excluding hydrogens is 311 g/mol. The first kappa shape index (κ1) is 13.9. The molecule has 96 valence electrons. The van der Waals surface area contributed by atoms with Gasteiger partial charge in [0.15, 0.2) is 5.15 Å². The van der Waals surface area contributed by atoms with Gasteiger partial charge >= 0.3 is 0 Å². The minimum atomic E-state index is 0.113. The lowest BCUT2D eigenvalue weighted by atomic mass is 10.2. The SMILES string of the molecule is Cc1cc(Cl)nc(Cl)c1NC(C)c1ccc(Cl)s1. The smallest absolute Gasteiger partial charge is 0.154 e. The zero-order chi connectivity index (χ0) is 13.3. The molecule has 2 aromatic rings. The second-order valence-electron chi connectivity index (χ2n) is 3.94. The van der Waals surface area contributed by atoms with Crippen LogP contribution in [0.3, 0.4) is 0 Å². The molecule has 0 fully saturated rings. The third-order valence-electron chi connectivity index (χ3n) is 2.52. The molecule has 0 aliphatic carbocycles. The number of hydrogen-bond donors (Lipinski definition) is 1. The van der Waals surface area contributed by atoms with Crippen LogP contribution in [0.25, 0.3) is 0 Å². The lowest BCUT2D eigenvalue weighted by molar-refractivity contribution is 0.903. The van der Waals surface area contributed by atoms with E-state index in [1.165, 1.54) is 0 Å². The summed E-state index contributed by atoms with van der Waals surface area (Å²) in [6.45, 7) is 3.99. The van der Waals surface area contributed by atoms with Gasteiger partial charge in [-0.25, -0.2) is 4.98 Å². The predicted molar refractivity (Wildman–Crippen MR) is 80.4 cm³/mol. The second-order valence-corrected chi connectivity index (χ2v) is 6.43. The molecule has 2 nitrogen and oxygen atoms in total. The molecule has 0 aliphatic rings. The maximum atomic E-state index is 6.09. The zero-order valence-electron chi connectivity index (χ0n) is 9.80. The van der Waals surface area contributed by atoms with Crippen LogP contribution in [0.2, 0.25) is 14.6 Å². The Morgan fingerprint density at radius 1 is 1.28 bits per heavy atom. The molecule has 0 spiro atoms. The number of nitrogens with one attached hydrogen (secondary N) is 1. The van der Waals surface area contributed by atoms with Gasteiger partial charge < -0.3 is 5.32 Å². The Labute approximate surface area is 125 Å². The van der Waals surface area contributed by atoms with Gasteiger partial charge in [-0.15, -0.1) is 11.3 Å². The van der Waals surface area contributed by atoms with E-state index >= 15 is 0 Å². The highest BCUT2D eigenvalue weighted by Gasteiger charge is 2.13. The van der Waals surface area contributed by atoms with Crippen molar-refractivity contribution in [2.45, 2.75) is 19.9 Å². The first-order valence-corrected chi connectivity index (χ1v) is 7.27. The molecule has 0 bridgehead atoms. The number of hydrogen-bond acceptors (Lipinski definition) is 3. The van der Waals surface area contributed by atoms with E-state index in [9.17, 15) is 0 Å². The Morgan fingerprint density at radius 2 is 2.00 bits per heavy atom. The number of aryl methyl sites for hydroxylation is 1. The summed E-state index contributed by atoms with van der Waals surface area (Å²) < 4.78 is 0.774. The minimum Gasteiger partial charge on any atom is -0.375 e. The Bertz CT molecular complexity index is 545. The normalized spacial score (nSPS) is 12.5. The second kappa shape index (κ2) is 5.66. The molecule has 2 aromatic heterocycles. The van der Waals surface area contributed by atoms with Crippen molar-refractivity contribution in [3.63, 3.8) is 0 Å². The highest BCUT2D eigenvalue weighted by Crippen LogP contribution is 2.33. The van der Waals surface area contributed by atoms with Crippen molar-refractivity contribution in [3.05, 3.63) is 43.3 Å². The molecule has 1 atom stereocenters. The summed E-state index contributed by atoms with van der Waals surface area (Å²) in [5, 5.41) is 4.12. The standard InChI is InChI=1S/C12H11Cl3N2S/c1-6-5-9(13)17-12(15)11(6)16-7(2)8-3-4-10(14)18-8/h3-5,7,16H,1-2H3. The summed E-state index contributed by atoms with van der Waals surface area (Å²) in [6, 6.07) is 5.77. The average Bonchev–Trinajstić information content (AvgIpc) is 2.70. The zero-order valence-corrected chi connectivity index (χ0v) is 12.9. The van der Waals surface area contributed by atoms with E-state index in [0.717, 1.165) is 20.5 Å². The largest absolute Gasteiger partial charge is 0.375 e. The van der Waals surface area contributed by atoms with Crippen molar-refractivity contribution < 1.29 is 0 Å². The average molecular weight is 322 g/mol. The van der Waals surface area contributed by atoms with Crippen LogP contribution >= 0.6 is 46.1 Å². The van der Waals surface area contributed by atoms with Crippen LogP contribution in [0.4, 0.5) is 5.69 Å². The fourth-order valence-corrected chi connectivity index (χ4v) is 3.27. The van der Waals surface area contributed by atoms with Crippen molar-refractivity contribution in [2.24, 2.45) is 0 Å². The van der Waals surface area contributed by atoms with Crippen LogP contribution in [0, 0.1) is 6.92 Å². The number of rotatable bonds is 3. The maximum absolute atomic E-state index is 6.09. The van der Waals surface area contributed by atoms with Gasteiger partial charge in [-0.05, 0) is 37.6 Å². The van der Waals surface area contributed by atoms with Gasteiger partial charge in [0.1, 0.15) is 5.15 Å². The highest BCUT2D eigenvalue weighted by molar-refractivity contribution is 7.16. The third-order valence-corrected chi connectivity index (χ3v) is 4.40. The van der Waals surface area contributed by atoms with Crippen molar-refractivity contribution in [1.29, 1.82) is 0 Å². The summed E-state index contributed by atoms with van der Waals surface area (Å²) in [7, 11) is 0. The van der Waals surface area contributed by atoms with E-state index in [1.54, 1.807) is 17.4 Å². The summed E-state index contributed by atoms with van der Waals surface area (Å²) in [4.78, 5) is 5.18. The molecular formula is C12H11Cl3N2S. The lowest BCUT2D eigenvalue weighted by Gasteiger charge is -2.16. The van der Waals surface area contributed by atoms with E-state index in [4.69, 9.17) is 34.8 Å². The number of thiophene rings is 1. The number of nitrogens with zero attached hydrogens (tertiary/aromatic N) is 1. The van der Waals surface area contributed by atoms with Gasteiger partial charge in [0.05, 0.1) is 16.1 Å². The van der Waals surface area contributed by atoms with E-state index in [0.29, 0.717) is 10.3 Å². The lowest BCUT2D eigenvalue weighted by Crippen LogP contribution is -2.07. The van der Waals surface area contributed by atoms with Crippen LogP contribution in [0.1, 0.15) is 23.4 Å². The summed E-state index contributed by atoms with van der Waals surface area (Å²) in [6.07, 6.45) is 0. The topological polar surface area (TPSA) is 24.9 Å². The van der Waals surface area contributed by atoms with Gasteiger partial charge in [0.25, 0.3) is 0 Å². The maximum Gasteiger partial charge on any atom is 0.154 e. The summed E-state index contributed by atoms with van der Waals surface area (Å²) in [5.74, 6) is 0.